The van der Waals surface area contributed by atoms with Crippen LogP contribution >= 0.6 is 11.3 Å². The van der Waals surface area contributed by atoms with Gasteiger partial charge in [0.25, 0.3) is 0 Å². The highest BCUT2D eigenvalue weighted by molar-refractivity contribution is 7.25. The van der Waals surface area contributed by atoms with Crippen molar-refractivity contribution in [2.24, 2.45) is 0 Å². The second-order valence-corrected chi connectivity index (χ2v) is 20.3. The second kappa shape index (κ2) is 18.0. The molecule has 2 aromatic heterocycles. The molecule has 0 saturated heterocycles. The van der Waals surface area contributed by atoms with Crippen molar-refractivity contribution >= 4 is 76.3 Å². The zero-order valence-corrected chi connectivity index (χ0v) is 40.9. The van der Waals surface area contributed by atoms with E-state index in [0.29, 0.717) is 0 Å². The molecule has 1 aliphatic carbocycles. The number of hydrogen-bond acceptors (Lipinski definition) is 2. The quantitative estimate of drug-likeness (QED) is 0.140. The van der Waals surface area contributed by atoms with E-state index in [9.17, 15) is 0 Å². The van der Waals surface area contributed by atoms with Gasteiger partial charge < -0.3 is 9.47 Å². The van der Waals surface area contributed by atoms with Gasteiger partial charge in [0, 0.05) is 59.6 Å². The molecular formula is C70H48N2S. The summed E-state index contributed by atoms with van der Waals surface area (Å²) >= 11 is 1.87. The molecule has 0 atom stereocenters. The summed E-state index contributed by atoms with van der Waals surface area (Å²) in [5.41, 5.74) is 20.5. The van der Waals surface area contributed by atoms with Crippen LogP contribution in [0.4, 0.5) is 17.1 Å². The summed E-state index contributed by atoms with van der Waals surface area (Å²) in [6.45, 7) is 0. The van der Waals surface area contributed by atoms with Crippen LogP contribution in [0.5, 0.6) is 0 Å². The van der Waals surface area contributed by atoms with E-state index in [1.807, 2.05) is 11.3 Å². The van der Waals surface area contributed by atoms with Crippen LogP contribution < -0.4 is 4.90 Å². The van der Waals surface area contributed by atoms with E-state index in [1.165, 1.54) is 114 Å². The summed E-state index contributed by atoms with van der Waals surface area (Å²) in [5, 5.41) is 6.47. The maximum atomic E-state index is 2.48. The van der Waals surface area contributed by atoms with Crippen molar-refractivity contribution in [2.45, 2.75) is 12.8 Å². The van der Waals surface area contributed by atoms with E-state index in [-0.39, 0.29) is 0 Å². The highest BCUT2D eigenvalue weighted by atomic mass is 32.1. The largest absolute Gasteiger partial charge is 0.313 e. The Morgan fingerprint density at radius 2 is 0.890 bits per heavy atom. The standard InChI is InChI=1S/C70H48N2S/c1-2-13-53-45-57(31-30-47(53)12-1)55-15-9-14-54(44-55)50-28-26-48(27-29-50)49-32-38-58(39-33-49)71(60-42-36-52(37-43-60)62-21-11-25-69-70(62)65-20-5-8-24-68(65)73-69)59-40-34-51(35-41-59)56-16-10-17-61(46-56)72-66-22-6-3-18-63(66)64-19-4-7-23-67(64)72/h1-6,8-22,24-46H,7,23H2. The van der Waals surface area contributed by atoms with Crippen LogP contribution in [0.15, 0.2) is 261 Å². The van der Waals surface area contributed by atoms with Crippen molar-refractivity contribution in [1.29, 1.82) is 0 Å². The van der Waals surface area contributed by atoms with Crippen LogP contribution in [-0.4, -0.2) is 4.57 Å². The maximum absolute atomic E-state index is 2.48. The molecule has 0 aliphatic heterocycles. The molecule has 0 bridgehead atoms. The second-order valence-electron chi connectivity index (χ2n) is 19.2. The summed E-state index contributed by atoms with van der Waals surface area (Å²) in [6, 6.07) is 93.7. The molecule has 0 radical (unpaired) electrons. The first kappa shape index (κ1) is 42.8. The molecular weight excluding hydrogens is 901 g/mol. The van der Waals surface area contributed by atoms with Gasteiger partial charge >= 0.3 is 0 Å². The lowest BCUT2D eigenvalue weighted by molar-refractivity contribution is 0.889. The number of benzene rings is 11. The van der Waals surface area contributed by atoms with Crippen LogP contribution in [0.25, 0.3) is 109 Å². The van der Waals surface area contributed by atoms with Gasteiger partial charge in [-0.2, -0.15) is 0 Å². The van der Waals surface area contributed by atoms with E-state index in [2.05, 4.69) is 276 Å². The number of allylic oxidation sites excluding steroid dienone is 1. The van der Waals surface area contributed by atoms with Crippen molar-refractivity contribution < 1.29 is 0 Å². The van der Waals surface area contributed by atoms with Crippen molar-refractivity contribution in [1.82, 2.24) is 4.57 Å². The number of thiophene rings is 1. The monoisotopic (exact) mass is 948 g/mol. The third-order valence-electron chi connectivity index (χ3n) is 14.9. The lowest BCUT2D eigenvalue weighted by atomic mass is 9.96. The third-order valence-corrected chi connectivity index (χ3v) is 16.0. The SMILES string of the molecule is C1=Cc2c(n(-c3cccc(-c4ccc(N(c5ccc(-c6ccc(-c7cccc(-c8ccc9ccccc9c8)c7)cc6)cc5)c5ccc(-c6cccc7sc8ccccc8c67)cc5)cc4)c3)c3ccccc23)CC1. The lowest BCUT2D eigenvalue weighted by Crippen LogP contribution is -2.09. The van der Waals surface area contributed by atoms with Crippen molar-refractivity contribution in [2.75, 3.05) is 4.90 Å². The number of rotatable bonds is 9. The van der Waals surface area contributed by atoms with Crippen LogP contribution in [0.2, 0.25) is 0 Å². The Kier molecular flexibility index (Phi) is 10.6. The molecule has 0 unspecified atom stereocenters. The minimum absolute atomic E-state index is 1.03. The predicted molar refractivity (Wildman–Crippen MR) is 313 cm³/mol. The van der Waals surface area contributed by atoms with Gasteiger partial charge in [-0.15, -0.1) is 11.3 Å². The predicted octanol–water partition coefficient (Wildman–Crippen LogP) is 19.9. The fourth-order valence-electron chi connectivity index (χ4n) is 11.3. The van der Waals surface area contributed by atoms with Crippen LogP contribution in [0.3, 0.4) is 0 Å². The Labute approximate surface area is 429 Å². The number of nitrogens with zero attached hydrogens (tertiary/aromatic N) is 2. The van der Waals surface area contributed by atoms with Crippen LogP contribution in [0.1, 0.15) is 17.7 Å². The van der Waals surface area contributed by atoms with Crippen molar-refractivity contribution in [3.8, 4) is 61.3 Å². The fourth-order valence-corrected chi connectivity index (χ4v) is 12.4. The average molecular weight is 949 g/mol. The van der Waals surface area contributed by atoms with Gasteiger partial charge in [0.15, 0.2) is 0 Å². The molecule has 11 aromatic carbocycles. The minimum Gasteiger partial charge on any atom is -0.313 e. The van der Waals surface area contributed by atoms with Crippen LogP contribution in [-0.2, 0) is 6.42 Å². The first-order valence-electron chi connectivity index (χ1n) is 25.3. The van der Waals surface area contributed by atoms with E-state index in [4.69, 9.17) is 0 Å². The van der Waals surface area contributed by atoms with E-state index < -0.39 is 0 Å². The molecule has 73 heavy (non-hydrogen) atoms. The molecule has 2 nitrogen and oxygen atoms in total. The normalized spacial score (nSPS) is 12.2. The summed E-state index contributed by atoms with van der Waals surface area (Å²) < 4.78 is 5.11. The molecule has 0 amide bonds. The molecule has 2 heterocycles. The number of anilines is 3. The van der Waals surface area contributed by atoms with Gasteiger partial charge in [-0.1, -0.05) is 188 Å². The lowest BCUT2D eigenvalue weighted by Gasteiger charge is -2.26. The fraction of sp³-hybridized carbons (Fsp3) is 0.0286. The van der Waals surface area contributed by atoms with Gasteiger partial charge in [0.05, 0.1) is 5.52 Å². The highest BCUT2D eigenvalue weighted by Crippen LogP contribution is 2.43. The van der Waals surface area contributed by atoms with E-state index >= 15 is 0 Å². The molecule has 0 N–H and O–H groups in total. The van der Waals surface area contributed by atoms with Gasteiger partial charge in [-0.05, 0) is 158 Å². The zero-order chi connectivity index (χ0) is 48.2. The number of hydrogen-bond donors (Lipinski definition) is 0. The zero-order valence-electron chi connectivity index (χ0n) is 40.1. The molecule has 0 spiro atoms. The van der Waals surface area contributed by atoms with Crippen LogP contribution in [0, 0.1) is 0 Å². The molecule has 344 valence electrons. The first-order valence-corrected chi connectivity index (χ1v) is 26.1. The van der Waals surface area contributed by atoms with E-state index in [0.717, 1.165) is 29.9 Å². The summed E-state index contributed by atoms with van der Waals surface area (Å²) in [5.74, 6) is 0. The average Bonchev–Trinajstić information content (AvgIpc) is 4.03. The molecule has 1 aliphatic rings. The highest BCUT2D eigenvalue weighted by Gasteiger charge is 2.20. The summed E-state index contributed by atoms with van der Waals surface area (Å²) in [6.07, 6.45) is 6.71. The van der Waals surface area contributed by atoms with Gasteiger partial charge in [-0.3, -0.25) is 0 Å². The Balaban J connectivity index is 0.793. The minimum atomic E-state index is 1.03. The molecule has 14 rings (SSSR count). The Bertz CT molecular complexity index is 4230. The maximum Gasteiger partial charge on any atom is 0.0537 e. The smallest absolute Gasteiger partial charge is 0.0537 e. The molecule has 0 saturated carbocycles. The Morgan fingerprint density at radius 1 is 0.370 bits per heavy atom. The molecule has 0 fully saturated rings. The topological polar surface area (TPSA) is 8.17 Å². The Morgan fingerprint density at radius 3 is 1.62 bits per heavy atom. The van der Waals surface area contributed by atoms with Gasteiger partial charge in [0.1, 0.15) is 0 Å². The Hall–Kier alpha value is -9.02. The number of para-hydroxylation sites is 1. The molecule has 13 aromatic rings. The first-order chi connectivity index (χ1) is 36.2. The summed E-state index contributed by atoms with van der Waals surface area (Å²) in [7, 11) is 0. The number of aromatic nitrogens is 1. The molecule has 3 heteroatoms. The van der Waals surface area contributed by atoms with Gasteiger partial charge in [-0.25, -0.2) is 0 Å². The number of fused-ring (bicyclic) bond motifs is 7. The van der Waals surface area contributed by atoms with Crippen molar-refractivity contribution in [3.63, 3.8) is 0 Å². The third kappa shape index (κ3) is 7.74. The van der Waals surface area contributed by atoms with Gasteiger partial charge in [0.2, 0.25) is 0 Å². The summed E-state index contributed by atoms with van der Waals surface area (Å²) in [4.78, 5) is 2.38. The van der Waals surface area contributed by atoms with Crippen molar-refractivity contribution in [3.05, 3.63) is 272 Å². The van der Waals surface area contributed by atoms with E-state index in [1.54, 1.807) is 0 Å².